The van der Waals surface area contributed by atoms with Gasteiger partial charge in [-0.05, 0) is 18.9 Å². The molecule has 1 aliphatic rings. The zero-order valence-electron chi connectivity index (χ0n) is 14.3. The molecule has 8 nitrogen and oxygen atoms in total. The summed E-state index contributed by atoms with van der Waals surface area (Å²) in [5.41, 5.74) is 0.698. The number of aromatic amines is 1. The Hall–Kier alpha value is -3.29. The number of benzene rings is 1. The molecule has 3 aromatic rings. The first kappa shape index (κ1) is 16.2. The number of carbonyl (C=O) groups is 1. The van der Waals surface area contributed by atoms with Crippen LogP contribution in [0.5, 0.6) is 0 Å². The van der Waals surface area contributed by atoms with Gasteiger partial charge in [0.15, 0.2) is 5.69 Å². The van der Waals surface area contributed by atoms with E-state index < -0.39 is 0 Å². The Morgan fingerprint density at radius 3 is 2.88 bits per heavy atom. The molecule has 1 fully saturated rings. The van der Waals surface area contributed by atoms with E-state index in [1.165, 1.54) is 0 Å². The Bertz CT molecular complexity index is 1030. The molecule has 4 rings (SSSR count). The van der Waals surface area contributed by atoms with Crippen LogP contribution in [0.15, 0.2) is 41.5 Å². The lowest BCUT2D eigenvalue weighted by molar-refractivity contribution is 0.0728. The van der Waals surface area contributed by atoms with E-state index >= 15 is 0 Å². The third kappa shape index (κ3) is 2.69. The molecule has 132 valence electrons. The van der Waals surface area contributed by atoms with Crippen molar-refractivity contribution in [1.29, 1.82) is 0 Å². The van der Waals surface area contributed by atoms with Gasteiger partial charge in [0.1, 0.15) is 5.82 Å². The molecule has 1 saturated heterocycles. The molecule has 0 radical (unpaired) electrons. The summed E-state index contributed by atoms with van der Waals surface area (Å²) < 4.78 is 0. The van der Waals surface area contributed by atoms with E-state index in [-0.39, 0.29) is 23.2 Å². The van der Waals surface area contributed by atoms with E-state index in [9.17, 15) is 9.59 Å². The number of carbonyl (C=O) groups excluding carboxylic acids is 1. The molecule has 1 aliphatic heterocycles. The minimum atomic E-state index is -0.303. The fraction of sp³-hybridized carbons (Fsp3) is 0.278. The van der Waals surface area contributed by atoms with Crippen LogP contribution in [0.3, 0.4) is 0 Å². The zero-order chi connectivity index (χ0) is 18.1. The van der Waals surface area contributed by atoms with E-state index in [0.717, 1.165) is 18.5 Å². The van der Waals surface area contributed by atoms with Crippen LogP contribution in [-0.4, -0.2) is 44.6 Å². The van der Waals surface area contributed by atoms with E-state index in [0.29, 0.717) is 23.1 Å². The SMILES string of the molecule is CNc1cncc([C@@H]2CCCN2C(=O)c2n[nH]c(=O)c3ccccc23)n1. The Morgan fingerprint density at radius 1 is 1.27 bits per heavy atom. The highest BCUT2D eigenvalue weighted by atomic mass is 16.2. The number of aromatic nitrogens is 4. The highest BCUT2D eigenvalue weighted by Gasteiger charge is 2.33. The molecule has 0 unspecified atom stereocenters. The minimum absolute atomic E-state index is 0.157. The number of likely N-dealkylation sites (tertiary alicyclic amines) is 1. The Balaban J connectivity index is 1.74. The van der Waals surface area contributed by atoms with Crippen LogP contribution in [0.25, 0.3) is 10.8 Å². The van der Waals surface area contributed by atoms with Crippen LogP contribution in [0, 0.1) is 0 Å². The molecule has 0 aliphatic carbocycles. The molecule has 1 amide bonds. The first-order valence-corrected chi connectivity index (χ1v) is 8.47. The first-order valence-electron chi connectivity index (χ1n) is 8.47. The third-order valence-corrected chi connectivity index (χ3v) is 4.66. The molecule has 0 spiro atoms. The highest BCUT2D eigenvalue weighted by molar-refractivity contribution is 6.04. The van der Waals surface area contributed by atoms with Crippen LogP contribution < -0.4 is 10.9 Å². The Labute approximate surface area is 149 Å². The predicted octanol–water partition coefficient (Wildman–Crippen LogP) is 1.73. The lowest BCUT2D eigenvalue weighted by atomic mass is 10.1. The fourth-order valence-electron chi connectivity index (χ4n) is 3.39. The maximum Gasteiger partial charge on any atom is 0.275 e. The van der Waals surface area contributed by atoms with Crippen molar-refractivity contribution in [2.45, 2.75) is 18.9 Å². The Morgan fingerprint density at radius 2 is 2.08 bits per heavy atom. The van der Waals surface area contributed by atoms with E-state index in [2.05, 4.69) is 25.5 Å². The third-order valence-electron chi connectivity index (χ3n) is 4.66. The van der Waals surface area contributed by atoms with Gasteiger partial charge in [0, 0.05) is 19.0 Å². The summed E-state index contributed by atoms with van der Waals surface area (Å²) in [5, 5.41) is 10.4. The van der Waals surface area contributed by atoms with Crippen LogP contribution in [0.4, 0.5) is 5.82 Å². The number of H-pyrrole nitrogens is 1. The number of anilines is 1. The van der Waals surface area contributed by atoms with Crippen LogP contribution in [0.2, 0.25) is 0 Å². The van der Waals surface area contributed by atoms with Gasteiger partial charge in [-0.2, -0.15) is 5.10 Å². The van der Waals surface area contributed by atoms with Gasteiger partial charge in [-0.3, -0.25) is 14.6 Å². The second-order valence-electron chi connectivity index (χ2n) is 6.18. The summed E-state index contributed by atoms with van der Waals surface area (Å²) in [6.07, 6.45) is 5.02. The molecule has 3 heterocycles. The van der Waals surface area contributed by atoms with Crippen LogP contribution in [0.1, 0.15) is 35.1 Å². The maximum atomic E-state index is 13.2. The molecular formula is C18H18N6O2. The van der Waals surface area contributed by atoms with Crippen molar-refractivity contribution >= 4 is 22.5 Å². The van der Waals surface area contributed by atoms with Gasteiger partial charge in [0.25, 0.3) is 11.5 Å². The van der Waals surface area contributed by atoms with Crippen molar-refractivity contribution < 1.29 is 4.79 Å². The van der Waals surface area contributed by atoms with Crippen molar-refractivity contribution in [2.24, 2.45) is 0 Å². The summed E-state index contributed by atoms with van der Waals surface area (Å²) in [6.45, 7) is 0.615. The molecule has 2 N–H and O–H groups in total. The lowest BCUT2D eigenvalue weighted by Gasteiger charge is -2.24. The number of nitrogens with one attached hydrogen (secondary N) is 2. The molecule has 0 saturated carbocycles. The van der Waals surface area contributed by atoms with Crippen molar-refractivity contribution in [3.05, 3.63) is 58.4 Å². The van der Waals surface area contributed by atoms with E-state index in [4.69, 9.17) is 0 Å². The van der Waals surface area contributed by atoms with E-state index in [1.54, 1.807) is 48.6 Å². The average molecular weight is 350 g/mol. The Kier molecular flexibility index (Phi) is 4.08. The second kappa shape index (κ2) is 6.55. The molecule has 26 heavy (non-hydrogen) atoms. The minimum Gasteiger partial charge on any atom is -0.372 e. The molecule has 1 aromatic carbocycles. The van der Waals surface area contributed by atoms with Crippen molar-refractivity contribution in [2.75, 3.05) is 18.9 Å². The normalized spacial score (nSPS) is 16.8. The van der Waals surface area contributed by atoms with Crippen molar-refractivity contribution in [3.63, 3.8) is 0 Å². The second-order valence-corrected chi connectivity index (χ2v) is 6.18. The van der Waals surface area contributed by atoms with Gasteiger partial charge < -0.3 is 10.2 Å². The molecule has 8 heteroatoms. The number of nitrogens with zero attached hydrogens (tertiary/aromatic N) is 4. The summed E-state index contributed by atoms with van der Waals surface area (Å²) in [7, 11) is 1.78. The summed E-state index contributed by atoms with van der Waals surface area (Å²) in [5.74, 6) is 0.450. The summed E-state index contributed by atoms with van der Waals surface area (Å²) in [6, 6.07) is 6.84. The van der Waals surface area contributed by atoms with Crippen molar-refractivity contribution in [3.8, 4) is 0 Å². The van der Waals surface area contributed by atoms with E-state index in [1.807, 2.05) is 0 Å². The number of hydrogen-bond donors (Lipinski definition) is 2. The van der Waals surface area contributed by atoms with Gasteiger partial charge in [-0.1, -0.05) is 18.2 Å². The maximum absolute atomic E-state index is 13.2. The number of amides is 1. The molecule has 2 aromatic heterocycles. The average Bonchev–Trinajstić information content (AvgIpc) is 3.18. The van der Waals surface area contributed by atoms with Crippen LogP contribution in [-0.2, 0) is 0 Å². The number of fused-ring (bicyclic) bond motifs is 1. The smallest absolute Gasteiger partial charge is 0.275 e. The monoisotopic (exact) mass is 350 g/mol. The first-order chi connectivity index (χ1) is 12.7. The largest absolute Gasteiger partial charge is 0.372 e. The standard InChI is InChI=1S/C18H18N6O2/c1-19-15-10-20-9-13(21-15)14-7-4-8-24(14)18(26)16-11-5-2-3-6-12(11)17(25)23-22-16/h2-3,5-6,9-10,14H,4,7-8H2,1H3,(H,19,21)(H,23,25)/t14-/m0/s1. The molecular weight excluding hydrogens is 332 g/mol. The number of hydrogen-bond acceptors (Lipinski definition) is 6. The van der Waals surface area contributed by atoms with Gasteiger partial charge in [-0.25, -0.2) is 10.1 Å². The highest BCUT2D eigenvalue weighted by Crippen LogP contribution is 2.32. The summed E-state index contributed by atoms with van der Waals surface area (Å²) in [4.78, 5) is 35.6. The predicted molar refractivity (Wildman–Crippen MR) is 97.0 cm³/mol. The molecule has 0 bridgehead atoms. The van der Waals surface area contributed by atoms with Crippen molar-refractivity contribution in [1.82, 2.24) is 25.1 Å². The quantitative estimate of drug-likeness (QED) is 0.745. The van der Waals surface area contributed by atoms with Gasteiger partial charge >= 0.3 is 0 Å². The van der Waals surface area contributed by atoms with Gasteiger partial charge in [-0.15, -0.1) is 0 Å². The van der Waals surface area contributed by atoms with Gasteiger partial charge in [0.2, 0.25) is 0 Å². The molecule has 1 atom stereocenters. The fourth-order valence-corrected chi connectivity index (χ4v) is 3.39. The topological polar surface area (TPSA) is 104 Å². The lowest BCUT2D eigenvalue weighted by Crippen LogP contribution is -2.32. The van der Waals surface area contributed by atoms with Gasteiger partial charge in [0.05, 0.1) is 29.5 Å². The zero-order valence-corrected chi connectivity index (χ0v) is 14.3. The van der Waals surface area contributed by atoms with Crippen LogP contribution >= 0.6 is 0 Å². The number of rotatable bonds is 3. The summed E-state index contributed by atoms with van der Waals surface area (Å²) >= 11 is 0.